The molecule has 3 aromatic rings. The van der Waals surface area contributed by atoms with Crippen LogP contribution in [-0.4, -0.2) is 73.6 Å². The number of carbonyl (C=O) groups excluding carboxylic acids is 2. The summed E-state index contributed by atoms with van der Waals surface area (Å²) in [6, 6.07) is 6.89. The summed E-state index contributed by atoms with van der Waals surface area (Å²) in [4.78, 5) is 41.5. The number of aromatic nitrogens is 2. The van der Waals surface area contributed by atoms with Crippen LogP contribution in [0.5, 0.6) is 5.88 Å². The van der Waals surface area contributed by atoms with E-state index >= 15 is 4.39 Å². The molecule has 0 saturated carbocycles. The number of urea groups is 1. The summed E-state index contributed by atoms with van der Waals surface area (Å²) in [5, 5.41) is 23.9. The van der Waals surface area contributed by atoms with Crippen LogP contribution in [0.3, 0.4) is 0 Å². The summed E-state index contributed by atoms with van der Waals surface area (Å²) in [5.41, 5.74) is -0.683. The van der Waals surface area contributed by atoms with Gasteiger partial charge in [-0.15, -0.1) is 11.3 Å². The summed E-state index contributed by atoms with van der Waals surface area (Å²) in [6.07, 6.45) is 0.615. The average Bonchev–Trinajstić information content (AvgIpc) is 3.70. The van der Waals surface area contributed by atoms with Crippen LogP contribution in [0.15, 0.2) is 30.3 Å². The number of hydrogen-bond donors (Lipinski definition) is 2. The molecule has 2 aliphatic rings. The lowest BCUT2D eigenvalue weighted by molar-refractivity contribution is 0.0491. The van der Waals surface area contributed by atoms with Crippen molar-refractivity contribution in [2.45, 2.75) is 38.0 Å². The van der Waals surface area contributed by atoms with Gasteiger partial charge in [-0.25, -0.2) is 9.59 Å². The predicted octanol–water partition coefficient (Wildman–Crippen LogP) is 4.68. The van der Waals surface area contributed by atoms with Gasteiger partial charge < -0.3 is 19.8 Å². The van der Waals surface area contributed by atoms with E-state index in [1.165, 1.54) is 34.4 Å². The molecule has 14 heteroatoms. The lowest BCUT2D eigenvalue weighted by Gasteiger charge is -2.26. The molecular weight excluding hydrogens is 574 g/mol. The molecule has 206 valence electrons. The Balaban J connectivity index is 1.49. The van der Waals surface area contributed by atoms with E-state index in [0.717, 1.165) is 12.8 Å². The van der Waals surface area contributed by atoms with Gasteiger partial charge in [-0.3, -0.25) is 9.69 Å². The van der Waals surface area contributed by atoms with Crippen molar-refractivity contribution in [2.24, 2.45) is 0 Å². The molecule has 1 aromatic carbocycles. The van der Waals surface area contributed by atoms with E-state index < -0.39 is 35.7 Å². The van der Waals surface area contributed by atoms with Gasteiger partial charge in [0.2, 0.25) is 5.82 Å². The van der Waals surface area contributed by atoms with Crippen molar-refractivity contribution in [2.75, 3.05) is 19.6 Å². The molecule has 2 aromatic heterocycles. The van der Waals surface area contributed by atoms with Gasteiger partial charge in [0, 0.05) is 36.9 Å². The van der Waals surface area contributed by atoms with Gasteiger partial charge in [-0.05, 0) is 37.1 Å². The van der Waals surface area contributed by atoms with Crippen LogP contribution in [0.2, 0.25) is 9.36 Å². The minimum Gasteiger partial charge on any atom is -0.478 e. The fraction of sp³-hybridized carbons (Fsp3) is 0.360. The number of ether oxygens (including phenoxy) is 1. The first-order valence-corrected chi connectivity index (χ1v) is 13.7. The number of carboxylic acids is 1. The number of benzene rings is 1. The third-order valence-corrected chi connectivity index (χ3v) is 8.34. The Kier molecular flexibility index (Phi) is 7.81. The highest BCUT2D eigenvalue weighted by Crippen LogP contribution is 2.37. The third kappa shape index (κ3) is 5.33. The van der Waals surface area contributed by atoms with Crippen molar-refractivity contribution in [1.29, 1.82) is 0 Å². The number of carboxylic acid groups (broad SMARTS) is 1. The number of aliphatic hydroxyl groups excluding tert-OH is 1. The van der Waals surface area contributed by atoms with Crippen LogP contribution in [0.25, 0.3) is 0 Å². The minimum atomic E-state index is -1.34. The van der Waals surface area contributed by atoms with Crippen molar-refractivity contribution in [1.82, 2.24) is 19.6 Å². The smallest absolute Gasteiger partial charge is 0.337 e. The summed E-state index contributed by atoms with van der Waals surface area (Å²) in [7, 11) is 0. The molecule has 4 heterocycles. The number of nitrogens with zero attached hydrogens (tertiary/aromatic N) is 4. The van der Waals surface area contributed by atoms with Crippen LogP contribution in [-0.2, 0) is 6.61 Å². The lowest BCUT2D eigenvalue weighted by Crippen LogP contribution is -2.44. The Labute approximate surface area is 236 Å². The second kappa shape index (κ2) is 11.1. The van der Waals surface area contributed by atoms with Gasteiger partial charge >= 0.3 is 12.0 Å². The number of aliphatic hydroxyl groups is 1. The molecule has 2 unspecified atom stereocenters. The van der Waals surface area contributed by atoms with E-state index in [2.05, 4.69) is 5.10 Å². The van der Waals surface area contributed by atoms with Gasteiger partial charge in [0.05, 0.1) is 20.5 Å². The second-order valence-electron chi connectivity index (χ2n) is 9.23. The fourth-order valence-corrected chi connectivity index (χ4v) is 6.07. The highest BCUT2D eigenvalue weighted by Gasteiger charge is 2.41. The van der Waals surface area contributed by atoms with Crippen molar-refractivity contribution in [3.63, 3.8) is 0 Å². The van der Waals surface area contributed by atoms with E-state index in [0.29, 0.717) is 27.0 Å². The van der Waals surface area contributed by atoms with Crippen LogP contribution in [0.1, 0.15) is 56.5 Å². The van der Waals surface area contributed by atoms with Crippen molar-refractivity contribution < 1.29 is 33.7 Å². The topological polar surface area (TPSA) is 125 Å². The number of carbonyl (C=O) groups is 3. The second-order valence-corrected chi connectivity index (χ2v) is 11.4. The van der Waals surface area contributed by atoms with Crippen molar-refractivity contribution in [3.05, 3.63) is 67.2 Å². The molecule has 2 fully saturated rings. The van der Waals surface area contributed by atoms with Gasteiger partial charge in [0.15, 0.2) is 0 Å². The van der Waals surface area contributed by atoms with Crippen LogP contribution in [0.4, 0.5) is 9.18 Å². The molecule has 39 heavy (non-hydrogen) atoms. The number of amides is 2. The Hall–Kier alpha value is -3.19. The van der Waals surface area contributed by atoms with E-state index in [1.807, 2.05) is 0 Å². The normalized spacial score (nSPS) is 19.1. The first kappa shape index (κ1) is 27.4. The van der Waals surface area contributed by atoms with Crippen molar-refractivity contribution >= 4 is 52.4 Å². The summed E-state index contributed by atoms with van der Waals surface area (Å²) in [5.74, 6) is -4.40. The zero-order valence-corrected chi connectivity index (χ0v) is 22.7. The van der Waals surface area contributed by atoms with E-state index in [-0.39, 0.29) is 47.4 Å². The first-order valence-electron chi connectivity index (χ1n) is 12.1. The number of rotatable bonds is 6. The number of hydrogen-bond acceptors (Lipinski definition) is 7. The maximum Gasteiger partial charge on any atom is 0.337 e. The molecule has 0 aliphatic carbocycles. The number of thiophene rings is 1. The van der Waals surface area contributed by atoms with Crippen LogP contribution >= 0.6 is 34.5 Å². The molecule has 0 spiro atoms. The van der Waals surface area contributed by atoms with Gasteiger partial charge in [-0.1, -0.05) is 29.3 Å². The van der Waals surface area contributed by atoms with Crippen molar-refractivity contribution in [3.8, 4) is 5.88 Å². The third-order valence-electron chi connectivity index (χ3n) is 6.73. The number of likely N-dealkylation sites (tertiary alicyclic amines) is 2. The molecule has 2 amide bonds. The average molecular weight is 597 g/mol. The number of aromatic carboxylic acids is 1. The standard InChI is InChI=1S/C25H23Cl2FN4O6S/c26-17-7-6-14(39-17)12-38-23-20(28)21(13-10-18(33)31(11-13)25(37)30-8-1-2-9-30)29-32(23)22(34)15-4-3-5-16(19(15)27)24(35)36/h3-7,13,18,33H,1-2,8-12H2,(H,35,36). The van der Waals surface area contributed by atoms with Gasteiger partial charge in [-0.2, -0.15) is 14.2 Å². The summed E-state index contributed by atoms with van der Waals surface area (Å²) in [6.45, 7) is 1.05. The SMILES string of the molecule is O=C(O)c1cccc(C(=O)n2nc(C3CC(O)N(C(=O)N4CCCC4)C3)c(F)c2OCc2ccc(Cl)s2)c1Cl. The Morgan fingerprint density at radius 1 is 1.13 bits per heavy atom. The number of halogens is 3. The van der Waals surface area contributed by atoms with Gasteiger partial charge in [0.1, 0.15) is 18.5 Å². The maximum atomic E-state index is 15.9. The van der Waals surface area contributed by atoms with E-state index in [4.69, 9.17) is 27.9 Å². The Bertz CT molecular complexity index is 1440. The zero-order valence-electron chi connectivity index (χ0n) is 20.3. The monoisotopic (exact) mass is 596 g/mol. The first-order chi connectivity index (χ1) is 18.7. The Morgan fingerprint density at radius 3 is 2.51 bits per heavy atom. The predicted molar refractivity (Wildman–Crippen MR) is 140 cm³/mol. The van der Waals surface area contributed by atoms with Crippen LogP contribution in [0, 0.1) is 5.82 Å². The largest absolute Gasteiger partial charge is 0.478 e. The highest BCUT2D eigenvalue weighted by molar-refractivity contribution is 7.16. The highest BCUT2D eigenvalue weighted by atomic mass is 35.5. The maximum absolute atomic E-state index is 15.9. The van der Waals surface area contributed by atoms with E-state index in [1.54, 1.807) is 17.0 Å². The van der Waals surface area contributed by atoms with E-state index in [9.17, 15) is 24.6 Å². The quantitative estimate of drug-likeness (QED) is 0.423. The minimum absolute atomic E-state index is 0.00610. The molecule has 10 nitrogen and oxygen atoms in total. The summed E-state index contributed by atoms with van der Waals surface area (Å²) >= 11 is 13.4. The zero-order chi connectivity index (χ0) is 27.8. The fourth-order valence-electron chi connectivity index (χ4n) is 4.78. The molecule has 0 bridgehead atoms. The molecule has 2 atom stereocenters. The molecule has 2 aliphatic heterocycles. The lowest BCUT2D eigenvalue weighted by atomic mass is 10.0. The molecule has 0 radical (unpaired) electrons. The molecular formula is C25H23Cl2FN4O6S. The van der Waals surface area contributed by atoms with Gasteiger partial charge in [0.25, 0.3) is 11.8 Å². The van der Waals surface area contributed by atoms with Crippen LogP contribution < -0.4 is 4.74 Å². The molecule has 5 rings (SSSR count). The molecule has 2 N–H and O–H groups in total. The Morgan fingerprint density at radius 2 is 1.85 bits per heavy atom. The summed E-state index contributed by atoms with van der Waals surface area (Å²) < 4.78 is 22.8. The molecule has 2 saturated heterocycles.